The van der Waals surface area contributed by atoms with Gasteiger partial charge in [0.15, 0.2) is 0 Å². The van der Waals surface area contributed by atoms with Crippen LogP contribution in [0.15, 0.2) is 70.7 Å². The van der Waals surface area contributed by atoms with E-state index in [0.717, 1.165) is 45.6 Å². The van der Waals surface area contributed by atoms with Gasteiger partial charge in [-0.2, -0.15) is 0 Å². The predicted molar refractivity (Wildman–Crippen MR) is 110 cm³/mol. The molecule has 0 unspecified atom stereocenters. The number of amides is 1. The zero-order chi connectivity index (χ0) is 18.9. The van der Waals surface area contributed by atoms with E-state index in [1.54, 1.807) is 17.6 Å². The lowest BCUT2D eigenvalue weighted by molar-refractivity contribution is 0.0721. The third kappa shape index (κ3) is 3.45. The minimum Gasteiger partial charge on any atom is -0.467 e. The molecule has 0 bridgehead atoms. The zero-order valence-electron chi connectivity index (χ0n) is 15.4. The van der Waals surface area contributed by atoms with E-state index in [2.05, 4.69) is 6.07 Å². The summed E-state index contributed by atoms with van der Waals surface area (Å²) < 4.78 is 5.53. The Bertz CT molecular complexity index is 1060. The summed E-state index contributed by atoms with van der Waals surface area (Å²) in [7, 11) is 0. The summed E-state index contributed by atoms with van der Waals surface area (Å²) in [5.41, 5.74) is 2.66. The molecule has 3 heterocycles. The number of carbonyl (C=O) groups excluding carboxylic acids is 1. The van der Waals surface area contributed by atoms with Crippen molar-refractivity contribution in [2.75, 3.05) is 0 Å². The summed E-state index contributed by atoms with van der Waals surface area (Å²) in [6.07, 6.45) is 3.96. The number of nitrogens with zero attached hydrogens (tertiary/aromatic N) is 2. The zero-order valence-corrected chi connectivity index (χ0v) is 16.2. The smallest absolute Gasteiger partial charge is 0.255 e. The summed E-state index contributed by atoms with van der Waals surface area (Å²) in [4.78, 5) is 21.5. The molecule has 1 amide bonds. The standard InChI is InChI=1S/C23H20N2O2S/c26-23(25(14-17-5-3-11-27-17)15-18-6-4-12-28-18)20-13-22(16-9-10-16)24-21-8-2-1-7-19(20)21/h1-8,11-13,16H,9-10,14-15H2. The van der Waals surface area contributed by atoms with Gasteiger partial charge < -0.3 is 9.32 Å². The van der Waals surface area contributed by atoms with Crippen LogP contribution in [0.3, 0.4) is 0 Å². The van der Waals surface area contributed by atoms with Gasteiger partial charge in [-0.25, -0.2) is 0 Å². The average Bonchev–Trinajstić information content (AvgIpc) is 3.20. The van der Waals surface area contributed by atoms with E-state index in [0.29, 0.717) is 19.0 Å². The molecule has 1 fully saturated rings. The molecule has 1 aliphatic carbocycles. The Kier molecular flexibility index (Phi) is 4.45. The molecular weight excluding hydrogens is 368 g/mol. The second-order valence-electron chi connectivity index (χ2n) is 7.21. The highest BCUT2D eigenvalue weighted by atomic mass is 32.1. The van der Waals surface area contributed by atoms with Gasteiger partial charge in [0.05, 0.1) is 30.4 Å². The highest BCUT2D eigenvalue weighted by molar-refractivity contribution is 7.09. The molecule has 1 aromatic carbocycles. The second-order valence-corrected chi connectivity index (χ2v) is 8.24. The lowest BCUT2D eigenvalue weighted by Crippen LogP contribution is -2.30. The Balaban J connectivity index is 1.56. The summed E-state index contributed by atoms with van der Waals surface area (Å²) in [6.45, 7) is 1.01. The van der Waals surface area contributed by atoms with Crippen LogP contribution in [0.1, 0.15) is 45.4 Å². The maximum atomic E-state index is 13.7. The van der Waals surface area contributed by atoms with E-state index in [1.807, 2.05) is 58.8 Å². The number of rotatable bonds is 6. The molecule has 0 N–H and O–H groups in total. The molecule has 0 atom stereocenters. The fraction of sp³-hybridized carbons (Fsp3) is 0.217. The molecule has 4 aromatic rings. The molecule has 0 aliphatic heterocycles. The predicted octanol–water partition coefficient (Wildman–Crippen LogP) is 5.61. The van der Waals surface area contributed by atoms with E-state index in [1.165, 1.54) is 0 Å². The largest absolute Gasteiger partial charge is 0.467 e. The molecule has 5 rings (SSSR count). The number of hydrogen-bond donors (Lipinski definition) is 0. The van der Waals surface area contributed by atoms with Crippen molar-refractivity contribution in [3.63, 3.8) is 0 Å². The van der Waals surface area contributed by atoms with Crippen molar-refractivity contribution in [2.24, 2.45) is 0 Å². The van der Waals surface area contributed by atoms with E-state index < -0.39 is 0 Å². The summed E-state index contributed by atoms with van der Waals surface area (Å²) >= 11 is 1.66. The maximum Gasteiger partial charge on any atom is 0.255 e. The topological polar surface area (TPSA) is 46.3 Å². The van der Waals surface area contributed by atoms with E-state index in [-0.39, 0.29) is 5.91 Å². The number of carbonyl (C=O) groups is 1. The van der Waals surface area contributed by atoms with Crippen molar-refractivity contribution in [1.29, 1.82) is 0 Å². The van der Waals surface area contributed by atoms with Gasteiger partial charge in [0.2, 0.25) is 0 Å². The Hall–Kier alpha value is -2.92. The monoisotopic (exact) mass is 388 g/mol. The third-order valence-corrected chi connectivity index (χ3v) is 5.96. The van der Waals surface area contributed by atoms with Gasteiger partial charge in [-0.3, -0.25) is 9.78 Å². The van der Waals surface area contributed by atoms with Crippen molar-refractivity contribution < 1.29 is 9.21 Å². The van der Waals surface area contributed by atoms with Crippen LogP contribution in [0.5, 0.6) is 0 Å². The van der Waals surface area contributed by atoms with E-state index in [9.17, 15) is 4.79 Å². The molecule has 1 saturated carbocycles. The minimum atomic E-state index is 0.0188. The molecule has 28 heavy (non-hydrogen) atoms. The number of thiophene rings is 1. The van der Waals surface area contributed by atoms with Crippen LogP contribution in [-0.4, -0.2) is 15.8 Å². The number of fused-ring (bicyclic) bond motifs is 1. The molecule has 0 radical (unpaired) electrons. The van der Waals surface area contributed by atoms with Gasteiger partial charge in [0.25, 0.3) is 5.91 Å². The summed E-state index contributed by atoms with van der Waals surface area (Å²) in [5, 5.41) is 2.95. The van der Waals surface area contributed by atoms with Gasteiger partial charge in [0, 0.05) is 21.9 Å². The lowest BCUT2D eigenvalue weighted by atomic mass is 10.0. The number of furan rings is 1. The van der Waals surface area contributed by atoms with Crippen LogP contribution in [0.25, 0.3) is 10.9 Å². The van der Waals surface area contributed by atoms with Crippen LogP contribution in [0.2, 0.25) is 0 Å². The molecule has 3 aromatic heterocycles. The minimum absolute atomic E-state index is 0.0188. The van der Waals surface area contributed by atoms with Crippen LogP contribution in [-0.2, 0) is 13.1 Å². The van der Waals surface area contributed by atoms with Gasteiger partial charge in [-0.15, -0.1) is 11.3 Å². The number of pyridine rings is 1. The fourth-order valence-corrected chi connectivity index (χ4v) is 4.23. The van der Waals surface area contributed by atoms with Crippen LogP contribution < -0.4 is 0 Å². The lowest BCUT2D eigenvalue weighted by Gasteiger charge is -2.22. The van der Waals surface area contributed by atoms with Gasteiger partial charge in [-0.05, 0) is 48.6 Å². The normalized spacial score (nSPS) is 13.7. The van der Waals surface area contributed by atoms with Crippen molar-refractivity contribution >= 4 is 28.1 Å². The highest BCUT2D eigenvalue weighted by Gasteiger charge is 2.28. The van der Waals surface area contributed by atoms with Crippen molar-refractivity contribution in [3.8, 4) is 0 Å². The summed E-state index contributed by atoms with van der Waals surface area (Å²) in [5.74, 6) is 1.29. The van der Waals surface area contributed by atoms with Crippen LogP contribution >= 0.6 is 11.3 Å². The average molecular weight is 388 g/mol. The number of aromatic nitrogens is 1. The number of para-hydroxylation sites is 1. The number of hydrogen-bond acceptors (Lipinski definition) is 4. The quantitative estimate of drug-likeness (QED) is 0.431. The second kappa shape index (κ2) is 7.24. The first kappa shape index (κ1) is 17.2. The molecular formula is C23H20N2O2S. The molecule has 1 aliphatic rings. The number of benzene rings is 1. The first-order chi connectivity index (χ1) is 13.8. The van der Waals surface area contributed by atoms with Crippen molar-refractivity contribution in [1.82, 2.24) is 9.88 Å². The van der Waals surface area contributed by atoms with Gasteiger partial charge in [-0.1, -0.05) is 24.3 Å². The van der Waals surface area contributed by atoms with Crippen molar-refractivity contribution in [3.05, 3.63) is 88.1 Å². The molecule has 0 spiro atoms. The van der Waals surface area contributed by atoms with Crippen LogP contribution in [0.4, 0.5) is 0 Å². The Morgan fingerprint density at radius 3 is 2.75 bits per heavy atom. The van der Waals surface area contributed by atoms with Crippen molar-refractivity contribution in [2.45, 2.75) is 31.8 Å². The SMILES string of the molecule is O=C(c1cc(C2CC2)nc2ccccc12)N(Cc1ccco1)Cc1cccs1. The van der Waals surface area contributed by atoms with Gasteiger partial charge in [0.1, 0.15) is 5.76 Å². The first-order valence-electron chi connectivity index (χ1n) is 9.51. The van der Waals surface area contributed by atoms with Gasteiger partial charge >= 0.3 is 0 Å². The van der Waals surface area contributed by atoms with E-state index >= 15 is 0 Å². The molecule has 0 saturated heterocycles. The maximum absolute atomic E-state index is 13.7. The molecule has 4 nitrogen and oxygen atoms in total. The third-order valence-electron chi connectivity index (χ3n) is 5.10. The first-order valence-corrected chi connectivity index (χ1v) is 10.4. The Labute approximate surface area is 167 Å². The van der Waals surface area contributed by atoms with E-state index in [4.69, 9.17) is 9.40 Å². The molecule has 5 heteroatoms. The summed E-state index contributed by atoms with van der Waals surface area (Å²) in [6, 6.07) is 17.8. The Morgan fingerprint density at radius 2 is 2.00 bits per heavy atom. The fourth-order valence-electron chi connectivity index (χ4n) is 3.51. The van der Waals surface area contributed by atoms with Crippen LogP contribution in [0, 0.1) is 0 Å². The molecule has 140 valence electrons. The highest BCUT2D eigenvalue weighted by Crippen LogP contribution is 2.40. The Morgan fingerprint density at radius 1 is 1.11 bits per heavy atom.